The molecule has 3 aromatic rings. The average Bonchev–Trinajstić information content (AvgIpc) is 2.74. The van der Waals surface area contributed by atoms with Gasteiger partial charge in [-0.05, 0) is 54.8 Å². The molecule has 0 fully saturated rings. The molecular weight excluding hydrogens is 384 g/mol. The van der Waals surface area contributed by atoms with Gasteiger partial charge in [-0.15, -0.1) is 0 Å². The number of benzene rings is 2. The lowest BCUT2D eigenvalue weighted by molar-refractivity contribution is -0.143. The van der Waals surface area contributed by atoms with Crippen molar-refractivity contribution in [2.24, 2.45) is 0 Å². The maximum absolute atomic E-state index is 12.6. The van der Waals surface area contributed by atoms with Crippen LogP contribution in [0, 0.1) is 13.8 Å². The Morgan fingerprint density at radius 3 is 2.55 bits per heavy atom. The first-order valence-corrected chi connectivity index (χ1v) is 10.0. The van der Waals surface area contributed by atoms with E-state index >= 15 is 0 Å². The fourth-order valence-corrected chi connectivity index (χ4v) is 3.55. The molecule has 1 heterocycles. The van der Waals surface area contributed by atoms with Crippen molar-refractivity contribution >= 4 is 23.6 Å². The van der Waals surface area contributed by atoms with E-state index < -0.39 is 5.97 Å². The lowest BCUT2D eigenvalue weighted by Gasteiger charge is -2.10. The van der Waals surface area contributed by atoms with Gasteiger partial charge in [0, 0.05) is 11.1 Å². The van der Waals surface area contributed by atoms with E-state index in [4.69, 9.17) is 4.74 Å². The van der Waals surface area contributed by atoms with E-state index in [0.717, 1.165) is 10.5 Å². The number of pyridine rings is 1. The van der Waals surface area contributed by atoms with Crippen molar-refractivity contribution in [2.75, 3.05) is 6.54 Å². The predicted octanol–water partition coefficient (Wildman–Crippen LogP) is 4.32. The van der Waals surface area contributed by atoms with Crippen LogP contribution in [0.15, 0.2) is 76.8 Å². The number of ether oxygens (including phenoxy) is 1. The van der Waals surface area contributed by atoms with Gasteiger partial charge in [-0.2, -0.15) is 0 Å². The molecule has 0 radical (unpaired) electrons. The summed E-state index contributed by atoms with van der Waals surface area (Å²) in [4.78, 5) is 29.9. The smallest absolute Gasteiger partial charge is 0.325 e. The van der Waals surface area contributed by atoms with Crippen molar-refractivity contribution in [2.45, 2.75) is 30.4 Å². The summed E-state index contributed by atoms with van der Waals surface area (Å²) in [5.41, 5.74) is 3.71. The number of esters is 1. The second-order valence-corrected chi connectivity index (χ2v) is 7.60. The second kappa shape index (κ2) is 9.89. The Balaban J connectivity index is 1.59. The second-order valence-electron chi connectivity index (χ2n) is 6.53. The molecule has 1 N–H and O–H groups in total. The molecule has 0 aliphatic carbocycles. The molecule has 1 amide bonds. The van der Waals surface area contributed by atoms with Crippen LogP contribution in [0.1, 0.15) is 27.0 Å². The average molecular weight is 407 g/mol. The predicted molar refractivity (Wildman–Crippen MR) is 113 cm³/mol. The minimum atomic E-state index is -0.491. The summed E-state index contributed by atoms with van der Waals surface area (Å²) in [6.07, 6.45) is 1.65. The molecule has 0 aliphatic rings. The number of nitrogens with one attached hydrogen (secondary N) is 1. The Hall–Kier alpha value is -3.12. The highest BCUT2D eigenvalue weighted by Crippen LogP contribution is 2.29. The van der Waals surface area contributed by atoms with Gasteiger partial charge >= 0.3 is 5.97 Å². The zero-order chi connectivity index (χ0) is 20.6. The zero-order valence-electron chi connectivity index (χ0n) is 16.3. The molecule has 0 unspecified atom stereocenters. The monoisotopic (exact) mass is 406 g/mol. The first-order valence-electron chi connectivity index (χ1n) is 9.21. The standard InChI is InChI=1S/C23H22N2O3S/c1-16-10-11-19(13-17(16)2)29-23-20(9-6-12-24-23)22(27)25-14-21(26)28-15-18-7-4-3-5-8-18/h3-13H,14-15H2,1-2H3,(H,25,27). The van der Waals surface area contributed by atoms with Gasteiger partial charge in [0.05, 0.1) is 5.56 Å². The first kappa shape index (κ1) is 20.6. The quantitative estimate of drug-likeness (QED) is 0.592. The fourth-order valence-electron chi connectivity index (χ4n) is 2.57. The van der Waals surface area contributed by atoms with Crippen LogP contribution in [-0.2, 0) is 16.1 Å². The fraction of sp³-hybridized carbons (Fsp3) is 0.174. The molecule has 6 heteroatoms. The minimum Gasteiger partial charge on any atom is -0.460 e. The summed E-state index contributed by atoms with van der Waals surface area (Å²) in [6.45, 7) is 4.08. The largest absolute Gasteiger partial charge is 0.460 e. The number of hydrogen-bond donors (Lipinski definition) is 1. The summed E-state index contributed by atoms with van der Waals surface area (Å²) in [5, 5.41) is 3.20. The third kappa shape index (κ3) is 5.93. The minimum absolute atomic E-state index is 0.177. The van der Waals surface area contributed by atoms with Crippen molar-refractivity contribution < 1.29 is 14.3 Å². The molecule has 1 aromatic heterocycles. The summed E-state index contributed by atoms with van der Waals surface area (Å²) in [7, 11) is 0. The van der Waals surface area contributed by atoms with Crippen LogP contribution in [0.2, 0.25) is 0 Å². The zero-order valence-corrected chi connectivity index (χ0v) is 17.2. The molecule has 2 aromatic carbocycles. The van der Waals surface area contributed by atoms with E-state index in [-0.39, 0.29) is 19.1 Å². The van der Waals surface area contributed by atoms with E-state index in [1.54, 1.807) is 18.3 Å². The Morgan fingerprint density at radius 2 is 1.79 bits per heavy atom. The van der Waals surface area contributed by atoms with Gasteiger partial charge in [-0.1, -0.05) is 48.2 Å². The molecular formula is C23H22N2O3S. The molecule has 0 spiro atoms. The molecule has 0 aliphatic heterocycles. The summed E-state index contributed by atoms with van der Waals surface area (Å²) < 4.78 is 5.19. The maximum Gasteiger partial charge on any atom is 0.325 e. The van der Waals surface area contributed by atoms with Gasteiger partial charge in [0.1, 0.15) is 18.2 Å². The lowest BCUT2D eigenvalue weighted by Crippen LogP contribution is -2.31. The van der Waals surface area contributed by atoms with Crippen LogP contribution in [0.3, 0.4) is 0 Å². The molecule has 0 atom stereocenters. The number of nitrogens with zero attached hydrogens (tertiary/aromatic N) is 1. The van der Waals surface area contributed by atoms with Crippen LogP contribution < -0.4 is 5.32 Å². The maximum atomic E-state index is 12.6. The molecule has 3 rings (SSSR count). The number of hydrogen-bond acceptors (Lipinski definition) is 5. The van der Waals surface area contributed by atoms with Crippen molar-refractivity contribution in [3.05, 3.63) is 89.1 Å². The van der Waals surface area contributed by atoms with Gasteiger partial charge in [0.2, 0.25) is 0 Å². The molecule has 0 saturated heterocycles. The van der Waals surface area contributed by atoms with Gasteiger partial charge in [0.25, 0.3) is 5.91 Å². The highest BCUT2D eigenvalue weighted by Gasteiger charge is 2.15. The SMILES string of the molecule is Cc1ccc(Sc2ncccc2C(=O)NCC(=O)OCc2ccccc2)cc1C. The Morgan fingerprint density at radius 1 is 1.00 bits per heavy atom. The number of aryl methyl sites for hydroxylation is 2. The first-order chi connectivity index (χ1) is 14.0. The summed E-state index contributed by atoms with van der Waals surface area (Å²) in [6, 6.07) is 18.9. The van der Waals surface area contributed by atoms with Crippen LogP contribution >= 0.6 is 11.8 Å². The Labute approximate surface area is 174 Å². The number of carbonyl (C=O) groups is 2. The van der Waals surface area contributed by atoms with E-state index in [1.165, 1.54) is 22.9 Å². The van der Waals surface area contributed by atoms with Crippen molar-refractivity contribution in [1.29, 1.82) is 0 Å². The molecule has 29 heavy (non-hydrogen) atoms. The van der Waals surface area contributed by atoms with Gasteiger partial charge in [-0.3, -0.25) is 9.59 Å². The number of aromatic nitrogens is 1. The topological polar surface area (TPSA) is 68.3 Å². The Bertz CT molecular complexity index is 1010. The highest BCUT2D eigenvalue weighted by atomic mass is 32.2. The summed E-state index contributed by atoms with van der Waals surface area (Å²) >= 11 is 1.42. The van der Waals surface area contributed by atoms with Crippen LogP contribution in [-0.4, -0.2) is 23.4 Å². The van der Waals surface area contributed by atoms with Crippen molar-refractivity contribution in [1.82, 2.24) is 10.3 Å². The highest BCUT2D eigenvalue weighted by molar-refractivity contribution is 7.99. The van der Waals surface area contributed by atoms with Crippen molar-refractivity contribution in [3.8, 4) is 0 Å². The summed E-state index contributed by atoms with van der Waals surface area (Å²) in [5.74, 6) is -0.851. The van der Waals surface area contributed by atoms with Crippen LogP contribution in [0.4, 0.5) is 0 Å². The normalized spacial score (nSPS) is 10.4. The van der Waals surface area contributed by atoms with Gasteiger partial charge < -0.3 is 10.1 Å². The molecule has 0 saturated carbocycles. The lowest BCUT2D eigenvalue weighted by atomic mass is 10.1. The van der Waals surface area contributed by atoms with E-state index in [0.29, 0.717) is 10.6 Å². The van der Waals surface area contributed by atoms with Crippen molar-refractivity contribution in [3.63, 3.8) is 0 Å². The number of carbonyl (C=O) groups excluding carboxylic acids is 2. The molecule has 0 bridgehead atoms. The third-order valence-electron chi connectivity index (χ3n) is 4.34. The van der Waals surface area contributed by atoms with E-state index in [1.807, 2.05) is 49.4 Å². The number of rotatable bonds is 7. The third-order valence-corrected chi connectivity index (χ3v) is 5.35. The van der Waals surface area contributed by atoms with Gasteiger partial charge in [0.15, 0.2) is 0 Å². The molecule has 148 valence electrons. The van der Waals surface area contributed by atoms with E-state index in [2.05, 4.69) is 23.3 Å². The van der Waals surface area contributed by atoms with E-state index in [9.17, 15) is 9.59 Å². The molecule has 5 nitrogen and oxygen atoms in total. The van der Waals surface area contributed by atoms with Gasteiger partial charge in [-0.25, -0.2) is 4.98 Å². The van der Waals surface area contributed by atoms with Crippen LogP contribution in [0.25, 0.3) is 0 Å². The Kier molecular flexibility index (Phi) is 7.03. The van der Waals surface area contributed by atoms with Crippen LogP contribution in [0.5, 0.6) is 0 Å². The number of amides is 1.